The van der Waals surface area contributed by atoms with Crippen molar-refractivity contribution in [2.24, 2.45) is 0 Å². The zero-order valence-corrected chi connectivity index (χ0v) is 14.5. The van der Waals surface area contributed by atoms with Crippen molar-refractivity contribution in [3.05, 3.63) is 82.8 Å². The second kappa shape index (κ2) is 6.83. The van der Waals surface area contributed by atoms with Crippen molar-refractivity contribution in [2.45, 2.75) is 13.0 Å². The molecule has 2 aromatic carbocycles. The Labute approximate surface area is 154 Å². The first-order valence-corrected chi connectivity index (χ1v) is 8.38. The monoisotopic (exact) mass is 360 g/mol. The summed E-state index contributed by atoms with van der Waals surface area (Å²) in [5.41, 5.74) is 2.40. The maximum absolute atomic E-state index is 11.1. The maximum Gasteiger partial charge on any atom is 0.271 e. The largest absolute Gasteiger partial charge is 0.348 e. The second-order valence-electron chi connectivity index (χ2n) is 6.06. The van der Waals surface area contributed by atoms with Crippen molar-refractivity contribution in [2.75, 3.05) is 5.32 Å². The molecule has 0 saturated carbocycles. The van der Waals surface area contributed by atoms with E-state index in [1.165, 1.54) is 12.1 Å². The number of nitrogens with zero attached hydrogens (tertiary/aromatic N) is 5. The molecule has 1 N–H and O–H groups in total. The molecule has 0 radical (unpaired) electrons. The summed E-state index contributed by atoms with van der Waals surface area (Å²) in [5.74, 6) is 1.05. The molecule has 1 atom stereocenters. The Bertz CT molecular complexity index is 1110. The first-order valence-electron chi connectivity index (χ1n) is 8.38. The highest BCUT2D eigenvalue weighted by Gasteiger charge is 2.13. The second-order valence-corrected chi connectivity index (χ2v) is 6.06. The molecule has 0 aliphatic rings. The van der Waals surface area contributed by atoms with E-state index in [9.17, 15) is 10.1 Å². The van der Waals surface area contributed by atoms with Crippen molar-refractivity contribution < 1.29 is 4.92 Å². The highest BCUT2D eigenvalue weighted by Crippen LogP contribution is 2.23. The van der Waals surface area contributed by atoms with Gasteiger partial charge in [-0.3, -0.25) is 14.7 Å². The first kappa shape index (κ1) is 16.6. The van der Waals surface area contributed by atoms with Crippen LogP contribution < -0.4 is 5.32 Å². The lowest BCUT2D eigenvalue weighted by molar-refractivity contribution is -0.384. The fourth-order valence-corrected chi connectivity index (χ4v) is 2.86. The van der Waals surface area contributed by atoms with Gasteiger partial charge in [0.1, 0.15) is 12.1 Å². The van der Waals surface area contributed by atoms with E-state index < -0.39 is 4.92 Å². The molecule has 4 rings (SSSR count). The fourth-order valence-electron chi connectivity index (χ4n) is 2.86. The van der Waals surface area contributed by atoms with Gasteiger partial charge in [0.05, 0.1) is 22.0 Å². The van der Waals surface area contributed by atoms with Crippen LogP contribution in [0.15, 0.2) is 67.1 Å². The van der Waals surface area contributed by atoms with Crippen molar-refractivity contribution in [3.63, 3.8) is 0 Å². The minimum absolute atomic E-state index is 0.00866. The molecule has 0 amide bonds. The molecular weight excluding hydrogens is 344 g/mol. The van der Waals surface area contributed by atoms with Crippen molar-refractivity contribution in [3.8, 4) is 5.82 Å². The highest BCUT2D eigenvalue weighted by atomic mass is 16.6. The molecular formula is C19H16N6O2. The van der Waals surface area contributed by atoms with E-state index in [1.54, 1.807) is 29.2 Å². The lowest BCUT2D eigenvalue weighted by atomic mass is 10.1. The van der Waals surface area contributed by atoms with E-state index in [2.05, 4.69) is 20.3 Å². The van der Waals surface area contributed by atoms with E-state index in [0.29, 0.717) is 22.8 Å². The summed E-state index contributed by atoms with van der Waals surface area (Å²) in [5, 5.41) is 14.3. The fraction of sp³-hybridized carbons (Fsp3) is 0.105. The zero-order valence-electron chi connectivity index (χ0n) is 14.5. The smallest absolute Gasteiger partial charge is 0.271 e. The Kier molecular flexibility index (Phi) is 4.21. The van der Waals surface area contributed by atoms with Crippen molar-refractivity contribution in [1.82, 2.24) is 19.5 Å². The van der Waals surface area contributed by atoms with Crippen LogP contribution >= 0.6 is 0 Å². The van der Waals surface area contributed by atoms with Gasteiger partial charge in [0.25, 0.3) is 5.69 Å². The third-order valence-electron chi connectivity index (χ3n) is 4.27. The number of fused-ring (bicyclic) bond motifs is 1. The zero-order chi connectivity index (χ0) is 18.8. The van der Waals surface area contributed by atoms with Crippen LogP contribution in [0.25, 0.3) is 16.9 Å². The Hall–Kier alpha value is -3.81. The van der Waals surface area contributed by atoms with Crippen molar-refractivity contribution in [1.29, 1.82) is 0 Å². The average Bonchev–Trinajstić information content (AvgIpc) is 3.12. The van der Waals surface area contributed by atoms with E-state index in [0.717, 1.165) is 5.56 Å². The molecule has 0 aliphatic heterocycles. The third-order valence-corrected chi connectivity index (χ3v) is 4.27. The van der Waals surface area contributed by atoms with Gasteiger partial charge in [0.15, 0.2) is 0 Å². The highest BCUT2D eigenvalue weighted by molar-refractivity contribution is 5.79. The number of non-ortho nitro benzene ring substituents is 1. The number of rotatable bonds is 5. The maximum atomic E-state index is 11.1. The lowest BCUT2D eigenvalue weighted by Gasteiger charge is -2.14. The molecule has 0 bridgehead atoms. The van der Waals surface area contributed by atoms with Gasteiger partial charge in [-0.2, -0.15) is 4.98 Å². The topological polar surface area (TPSA) is 98.8 Å². The van der Waals surface area contributed by atoms with Crippen molar-refractivity contribution >= 4 is 22.7 Å². The van der Waals surface area contributed by atoms with Crippen LogP contribution in [0.1, 0.15) is 18.5 Å². The molecule has 134 valence electrons. The molecule has 0 aliphatic carbocycles. The number of nitro benzene ring substituents is 1. The molecule has 8 heteroatoms. The van der Waals surface area contributed by atoms with Crippen LogP contribution in [0, 0.1) is 10.1 Å². The Morgan fingerprint density at radius 1 is 1.11 bits per heavy atom. The van der Waals surface area contributed by atoms with Crippen LogP contribution in [0.5, 0.6) is 0 Å². The SMILES string of the molecule is CC(Nc1nccc(-n2cnc3ccc([N+](=O)[O-])cc32)n1)c1ccccc1. The first-order chi connectivity index (χ1) is 13.1. The average molecular weight is 360 g/mol. The molecule has 0 fully saturated rings. The number of benzene rings is 2. The number of hydrogen-bond acceptors (Lipinski definition) is 6. The number of nitrogens with one attached hydrogen (secondary N) is 1. The Morgan fingerprint density at radius 3 is 2.70 bits per heavy atom. The van der Waals surface area contributed by atoms with Crippen LogP contribution in [-0.2, 0) is 0 Å². The number of aromatic nitrogens is 4. The lowest BCUT2D eigenvalue weighted by Crippen LogP contribution is -2.10. The quantitative estimate of drug-likeness (QED) is 0.428. The van der Waals surface area contributed by atoms with Gasteiger partial charge in [-0.05, 0) is 24.6 Å². The Morgan fingerprint density at radius 2 is 1.93 bits per heavy atom. The molecule has 1 unspecified atom stereocenters. The standard InChI is InChI=1S/C19H16N6O2/c1-13(14-5-3-2-4-6-14)22-19-20-10-9-18(23-19)24-12-21-16-8-7-15(25(26)27)11-17(16)24/h2-13H,1H3,(H,20,22,23). The molecule has 27 heavy (non-hydrogen) atoms. The molecule has 0 spiro atoms. The number of nitro groups is 1. The van der Waals surface area contributed by atoms with E-state index in [1.807, 2.05) is 37.3 Å². The van der Waals surface area contributed by atoms with Gasteiger partial charge in [-0.1, -0.05) is 30.3 Å². The number of imidazole rings is 1. The predicted molar refractivity (Wildman–Crippen MR) is 102 cm³/mol. The van der Waals surface area contributed by atoms with Gasteiger partial charge in [0.2, 0.25) is 5.95 Å². The molecule has 2 heterocycles. The summed E-state index contributed by atoms with van der Waals surface area (Å²) >= 11 is 0. The number of anilines is 1. The molecule has 8 nitrogen and oxygen atoms in total. The van der Waals surface area contributed by atoms with Gasteiger partial charge in [0, 0.05) is 18.3 Å². The molecule has 4 aromatic rings. The molecule has 2 aromatic heterocycles. The summed E-state index contributed by atoms with van der Waals surface area (Å²) in [7, 11) is 0. The predicted octanol–water partition coefficient (Wildman–Crippen LogP) is 3.90. The number of hydrogen-bond donors (Lipinski definition) is 1. The van der Waals surface area contributed by atoms with Crippen LogP contribution in [0.2, 0.25) is 0 Å². The van der Waals surface area contributed by atoms with Gasteiger partial charge < -0.3 is 5.32 Å². The van der Waals surface area contributed by atoms with Crippen LogP contribution in [-0.4, -0.2) is 24.4 Å². The van der Waals surface area contributed by atoms with E-state index >= 15 is 0 Å². The minimum Gasteiger partial charge on any atom is -0.348 e. The summed E-state index contributed by atoms with van der Waals surface area (Å²) in [4.78, 5) is 23.7. The van der Waals surface area contributed by atoms with Gasteiger partial charge in [-0.25, -0.2) is 9.97 Å². The summed E-state index contributed by atoms with van der Waals surface area (Å²) < 4.78 is 1.71. The minimum atomic E-state index is -0.425. The van der Waals surface area contributed by atoms with E-state index in [4.69, 9.17) is 0 Å². The van der Waals surface area contributed by atoms with E-state index in [-0.39, 0.29) is 11.7 Å². The summed E-state index contributed by atoms with van der Waals surface area (Å²) in [6.07, 6.45) is 3.24. The van der Waals surface area contributed by atoms with Gasteiger partial charge >= 0.3 is 0 Å². The third kappa shape index (κ3) is 3.32. The van der Waals surface area contributed by atoms with Gasteiger partial charge in [-0.15, -0.1) is 0 Å². The summed E-state index contributed by atoms with van der Waals surface area (Å²) in [6, 6.07) is 16.3. The van der Waals surface area contributed by atoms with Crippen LogP contribution in [0.4, 0.5) is 11.6 Å². The summed E-state index contributed by atoms with van der Waals surface area (Å²) in [6.45, 7) is 2.03. The molecule has 0 saturated heterocycles. The van der Waals surface area contributed by atoms with Crippen LogP contribution in [0.3, 0.4) is 0 Å². The Balaban J connectivity index is 1.67. The normalized spacial score (nSPS) is 12.0.